The van der Waals surface area contributed by atoms with Crippen LogP contribution in [-0.4, -0.2) is 13.3 Å². The monoisotopic (exact) mass is 360 g/mol. The molecule has 26 heavy (non-hydrogen) atoms. The Morgan fingerprint density at radius 1 is 1.08 bits per heavy atom. The molecule has 4 rings (SSSR count). The molecule has 4 nitrogen and oxygen atoms in total. The molecule has 2 heterocycles. The molecule has 7 heteroatoms. The number of fused-ring (bicyclic) bond motifs is 1. The number of nitrogens with zero attached hydrogens (tertiary/aromatic N) is 2. The highest BCUT2D eigenvalue weighted by molar-refractivity contribution is 5.57. The first kappa shape index (κ1) is 16.6. The summed E-state index contributed by atoms with van der Waals surface area (Å²) in [5.74, 6) is 1.33. The zero-order chi connectivity index (χ0) is 18.3. The number of ether oxygens (including phenoxy) is 2. The number of nitriles is 1. The SMILES string of the molecule is N#Cc1ccc(N2CCC[C@@H]2c2ccc3c(c2)OCO3)cc1C(F)(F)F. The van der Waals surface area contributed by atoms with E-state index in [1.165, 1.54) is 6.07 Å². The molecular formula is C19H15F3N2O2. The van der Waals surface area contributed by atoms with E-state index in [1.54, 1.807) is 12.1 Å². The number of anilines is 1. The van der Waals surface area contributed by atoms with Crippen LogP contribution < -0.4 is 14.4 Å². The molecule has 2 aliphatic rings. The fourth-order valence-corrected chi connectivity index (χ4v) is 3.59. The van der Waals surface area contributed by atoms with Gasteiger partial charge < -0.3 is 14.4 Å². The summed E-state index contributed by atoms with van der Waals surface area (Å²) in [7, 11) is 0. The summed E-state index contributed by atoms with van der Waals surface area (Å²) < 4.78 is 50.5. The number of hydrogen-bond donors (Lipinski definition) is 0. The number of benzene rings is 2. The molecule has 134 valence electrons. The van der Waals surface area contributed by atoms with Crippen molar-refractivity contribution < 1.29 is 22.6 Å². The van der Waals surface area contributed by atoms with Crippen molar-refractivity contribution in [3.8, 4) is 17.6 Å². The zero-order valence-corrected chi connectivity index (χ0v) is 13.7. The van der Waals surface area contributed by atoms with Crippen LogP contribution in [0.2, 0.25) is 0 Å². The molecular weight excluding hydrogens is 345 g/mol. The molecule has 0 spiro atoms. The Balaban J connectivity index is 1.70. The van der Waals surface area contributed by atoms with Crippen LogP contribution in [0.5, 0.6) is 11.5 Å². The minimum Gasteiger partial charge on any atom is -0.454 e. The van der Waals surface area contributed by atoms with Crippen molar-refractivity contribution in [1.82, 2.24) is 0 Å². The Morgan fingerprint density at radius 2 is 1.88 bits per heavy atom. The van der Waals surface area contributed by atoms with Crippen LogP contribution in [0.15, 0.2) is 36.4 Å². The first-order chi connectivity index (χ1) is 12.5. The van der Waals surface area contributed by atoms with Crippen LogP contribution in [-0.2, 0) is 6.18 Å². The lowest BCUT2D eigenvalue weighted by molar-refractivity contribution is -0.137. The summed E-state index contributed by atoms with van der Waals surface area (Å²) >= 11 is 0. The highest BCUT2D eigenvalue weighted by Gasteiger charge is 2.35. The van der Waals surface area contributed by atoms with Gasteiger partial charge in [0.2, 0.25) is 6.79 Å². The van der Waals surface area contributed by atoms with E-state index in [4.69, 9.17) is 14.7 Å². The fraction of sp³-hybridized carbons (Fsp3) is 0.316. The van der Waals surface area contributed by atoms with E-state index in [9.17, 15) is 13.2 Å². The number of alkyl halides is 3. The van der Waals surface area contributed by atoms with Crippen LogP contribution in [0.1, 0.15) is 35.6 Å². The maximum atomic E-state index is 13.3. The van der Waals surface area contributed by atoms with Gasteiger partial charge in [0, 0.05) is 12.2 Å². The van der Waals surface area contributed by atoms with Crippen molar-refractivity contribution in [3.63, 3.8) is 0 Å². The molecule has 0 aromatic heterocycles. The molecule has 2 aliphatic heterocycles. The maximum Gasteiger partial charge on any atom is 0.417 e. The summed E-state index contributed by atoms with van der Waals surface area (Å²) in [6, 6.07) is 11.1. The maximum absolute atomic E-state index is 13.3. The van der Waals surface area contributed by atoms with E-state index < -0.39 is 11.7 Å². The van der Waals surface area contributed by atoms with Gasteiger partial charge in [0.15, 0.2) is 11.5 Å². The van der Waals surface area contributed by atoms with Crippen molar-refractivity contribution in [1.29, 1.82) is 5.26 Å². The van der Waals surface area contributed by atoms with Crippen molar-refractivity contribution in [2.45, 2.75) is 25.1 Å². The van der Waals surface area contributed by atoms with Crippen molar-refractivity contribution in [2.75, 3.05) is 18.2 Å². The standard InChI is InChI=1S/C19H15F3N2O2/c20-19(21,22)15-9-14(5-3-13(15)10-23)24-7-1-2-16(24)12-4-6-17-18(8-12)26-11-25-17/h3-6,8-9,16H,1-2,7,11H2/t16-/m1/s1. The third-order valence-corrected chi connectivity index (χ3v) is 4.79. The van der Waals surface area contributed by atoms with E-state index in [-0.39, 0.29) is 18.4 Å². The lowest BCUT2D eigenvalue weighted by atomic mass is 10.0. The van der Waals surface area contributed by atoms with Crippen LogP contribution in [0.25, 0.3) is 0 Å². The predicted molar refractivity (Wildman–Crippen MR) is 88.0 cm³/mol. The molecule has 0 unspecified atom stereocenters. The normalized spacial score (nSPS) is 18.8. The van der Waals surface area contributed by atoms with Gasteiger partial charge in [-0.05, 0) is 48.7 Å². The molecule has 2 aromatic carbocycles. The van der Waals surface area contributed by atoms with E-state index in [2.05, 4.69) is 0 Å². The van der Waals surface area contributed by atoms with Crippen LogP contribution in [0.3, 0.4) is 0 Å². The molecule has 0 saturated carbocycles. The zero-order valence-electron chi connectivity index (χ0n) is 13.7. The number of halogens is 3. The Kier molecular flexibility index (Phi) is 3.91. The van der Waals surface area contributed by atoms with Gasteiger partial charge in [-0.15, -0.1) is 0 Å². The fourth-order valence-electron chi connectivity index (χ4n) is 3.59. The second kappa shape index (κ2) is 6.13. The van der Waals surface area contributed by atoms with E-state index >= 15 is 0 Å². The molecule has 0 bridgehead atoms. The predicted octanol–water partition coefficient (Wildman–Crippen LogP) is 4.65. The Bertz CT molecular complexity index is 889. The molecule has 1 atom stereocenters. The average Bonchev–Trinajstić information content (AvgIpc) is 3.28. The van der Waals surface area contributed by atoms with Gasteiger partial charge in [-0.25, -0.2) is 0 Å². The van der Waals surface area contributed by atoms with Gasteiger partial charge in [0.25, 0.3) is 0 Å². The molecule has 1 fully saturated rings. The highest BCUT2D eigenvalue weighted by atomic mass is 19.4. The van der Waals surface area contributed by atoms with E-state index in [0.717, 1.165) is 24.5 Å². The quantitative estimate of drug-likeness (QED) is 0.782. The highest BCUT2D eigenvalue weighted by Crippen LogP contribution is 2.42. The van der Waals surface area contributed by atoms with Crippen molar-refractivity contribution >= 4 is 5.69 Å². The first-order valence-corrected chi connectivity index (χ1v) is 8.25. The molecule has 2 aromatic rings. The van der Waals surface area contributed by atoms with E-state index in [1.807, 2.05) is 23.1 Å². The first-order valence-electron chi connectivity index (χ1n) is 8.25. The Labute approximate surface area is 148 Å². The van der Waals surface area contributed by atoms with Crippen LogP contribution in [0.4, 0.5) is 18.9 Å². The van der Waals surface area contributed by atoms with Crippen molar-refractivity contribution in [2.24, 2.45) is 0 Å². The van der Waals surface area contributed by atoms with Gasteiger partial charge in [0.05, 0.1) is 23.2 Å². The lowest BCUT2D eigenvalue weighted by Crippen LogP contribution is -2.23. The average molecular weight is 360 g/mol. The van der Waals surface area contributed by atoms with Gasteiger partial charge in [-0.3, -0.25) is 0 Å². The molecule has 1 saturated heterocycles. The van der Waals surface area contributed by atoms with Gasteiger partial charge in [-0.2, -0.15) is 18.4 Å². The number of hydrogen-bond acceptors (Lipinski definition) is 4. The topological polar surface area (TPSA) is 45.5 Å². The smallest absolute Gasteiger partial charge is 0.417 e. The minimum absolute atomic E-state index is 0.0430. The van der Waals surface area contributed by atoms with Gasteiger partial charge in [-0.1, -0.05) is 6.07 Å². The third-order valence-electron chi connectivity index (χ3n) is 4.79. The lowest BCUT2D eigenvalue weighted by Gasteiger charge is -2.28. The summed E-state index contributed by atoms with van der Waals surface area (Å²) in [5, 5.41) is 8.97. The van der Waals surface area contributed by atoms with E-state index in [0.29, 0.717) is 23.7 Å². The second-order valence-electron chi connectivity index (χ2n) is 6.30. The van der Waals surface area contributed by atoms with Crippen LogP contribution >= 0.6 is 0 Å². The van der Waals surface area contributed by atoms with Crippen LogP contribution in [0, 0.1) is 11.3 Å². The molecule has 0 radical (unpaired) electrons. The minimum atomic E-state index is -4.56. The van der Waals surface area contributed by atoms with Gasteiger partial charge >= 0.3 is 6.18 Å². The summed E-state index contributed by atoms with van der Waals surface area (Å²) in [6.45, 7) is 0.833. The second-order valence-corrected chi connectivity index (χ2v) is 6.30. The van der Waals surface area contributed by atoms with Gasteiger partial charge in [0.1, 0.15) is 0 Å². The summed E-state index contributed by atoms with van der Waals surface area (Å²) in [6.07, 6.45) is -2.85. The molecule has 0 aliphatic carbocycles. The van der Waals surface area contributed by atoms with Crippen molar-refractivity contribution in [3.05, 3.63) is 53.1 Å². The summed E-state index contributed by atoms with van der Waals surface area (Å²) in [4.78, 5) is 1.95. The molecule has 0 N–H and O–H groups in total. The summed E-state index contributed by atoms with van der Waals surface area (Å²) in [5.41, 5.74) is 0.190. The largest absolute Gasteiger partial charge is 0.454 e. The molecule has 0 amide bonds. The Hall–Kier alpha value is -2.88. The number of rotatable bonds is 2. The Morgan fingerprint density at radius 3 is 2.65 bits per heavy atom. The third kappa shape index (κ3) is 2.81.